The van der Waals surface area contributed by atoms with E-state index in [-0.39, 0.29) is 71.0 Å². The Morgan fingerprint density at radius 2 is 0.875 bits per heavy atom. The zero-order valence-electron chi connectivity index (χ0n) is 17.0. The molecule has 0 aromatic heterocycles. The van der Waals surface area contributed by atoms with Gasteiger partial charge in [-0.3, -0.25) is 38.6 Å². The van der Waals surface area contributed by atoms with Gasteiger partial charge in [-0.2, -0.15) is 0 Å². The Hall–Kier alpha value is -3.30. The minimum absolute atomic E-state index is 0.144. The molecule has 2 aliphatic heterocycles. The molecule has 4 bridgehead atoms. The topological polar surface area (TPSA) is 149 Å². The molecule has 0 spiro atoms. The van der Waals surface area contributed by atoms with Crippen LogP contribution in [0.25, 0.3) is 0 Å². The molecule has 0 aromatic rings. The summed E-state index contributed by atoms with van der Waals surface area (Å²) in [4.78, 5) is 70.7. The lowest BCUT2D eigenvalue weighted by Gasteiger charge is -2.14. The molecule has 10 nitrogen and oxygen atoms in total. The number of aliphatic carboxylic acids is 2. The molecular formula is C22H22N2O8. The maximum atomic E-state index is 11.9. The van der Waals surface area contributed by atoms with E-state index in [0.717, 1.165) is 22.6 Å². The van der Waals surface area contributed by atoms with Crippen LogP contribution in [0.15, 0.2) is 24.3 Å². The third kappa shape index (κ3) is 2.85. The number of rotatable bonds is 4. The van der Waals surface area contributed by atoms with Crippen LogP contribution in [0.3, 0.4) is 0 Å². The number of amides is 4. The first kappa shape index (κ1) is 20.6. The molecule has 0 unspecified atom stereocenters. The van der Waals surface area contributed by atoms with Crippen molar-refractivity contribution in [2.45, 2.75) is 12.8 Å². The number of hydrogen-bond donors (Lipinski definition) is 2. The highest BCUT2D eigenvalue weighted by Gasteiger charge is 2.60. The summed E-state index contributed by atoms with van der Waals surface area (Å²) in [6, 6.07) is 0. The van der Waals surface area contributed by atoms with Crippen molar-refractivity contribution in [3.63, 3.8) is 0 Å². The van der Waals surface area contributed by atoms with Gasteiger partial charge in [-0.15, -0.1) is 0 Å². The summed E-state index contributed by atoms with van der Waals surface area (Å²) in [5.74, 6) is -4.05. The van der Waals surface area contributed by atoms with Gasteiger partial charge in [-0.1, -0.05) is 24.3 Å². The zero-order valence-corrected chi connectivity index (χ0v) is 17.0. The van der Waals surface area contributed by atoms with Crippen molar-refractivity contribution in [1.29, 1.82) is 0 Å². The molecule has 32 heavy (non-hydrogen) atoms. The monoisotopic (exact) mass is 442 g/mol. The molecule has 0 aromatic carbocycles. The summed E-state index contributed by atoms with van der Waals surface area (Å²) in [6.07, 6.45) is 9.69. The van der Waals surface area contributed by atoms with Crippen LogP contribution in [0.5, 0.6) is 0 Å². The standard InChI is InChI=1S/2C11H11NO4/c2*13-7(14)4-12-10(15)8-5-1-2-6(3-5)9(8)11(12)16/h2*1-2,5-6,8-9H,3-4H2,(H,13,14)/t2*5-,6+,8-,9+. The molecule has 4 fully saturated rings. The van der Waals surface area contributed by atoms with E-state index < -0.39 is 25.0 Å². The molecule has 4 aliphatic carbocycles. The smallest absolute Gasteiger partial charge is 0.323 e. The number of allylic oxidation sites excluding steroid dienone is 4. The fourth-order valence-electron chi connectivity index (χ4n) is 6.51. The first-order valence-corrected chi connectivity index (χ1v) is 10.7. The van der Waals surface area contributed by atoms with Gasteiger partial charge in [-0.05, 0) is 36.5 Å². The maximum absolute atomic E-state index is 11.9. The van der Waals surface area contributed by atoms with Gasteiger partial charge in [0.1, 0.15) is 13.1 Å². The molecule has 6 aliphatic rings. The SMILES string of the molecule is O=C(O)CN1C(=O)[C@@H]2[C@H](C1=O)[C@@H]1C=C[C@H]2C1.O=C(O)CN1C(=O)[C@@H]2[C@H](C1=O)[C@@H]1C=C[C@H]2C1. The lowest BCUT2D eigenvalue weighted by atomic mass is 9.85. The minimum Gasteiger partial charge on any atom is -0.480 e. The first-order chi connectivity index (χ1) is 15.2. The quantitative estimate of drug-likeness (QED) is 0.447. The summed E-state index contributed by atoms with van der Waals surface area (Å²) in [7, 11) is 0. The van der Waals surface area contributed by atoms with Gasteiger partial charge in [0.05, 0.1) is 23.7 Å². The summed E-state index contributed by atoms with van der Waals surface area (Å²) >= 11 is 0. The fourth-order valence-corrected chi connectivity index (χ4v) is 6.51. The largest absolute Gasteiger partial charge is 0.480 e. The van der Waals surface area contributed by atoms with Crippen LogP contribution in [0.1, 0.15) is 12.8 Å². The number of carbonyl (C=O) groups is 6. The third-order valence-electron chi connectivity index (χ3n) is 7.71. The molecule has 8 atom stereocenters. The Morgan fingerprint density at radius 3 is 1.09 bits per heavy atom. The second-order valence-corrected chi connectivity index (χ2v) is 9.31. The van der Waals surface area contributed by atoms with Crippen molar-refractivity contribution in [1.82, 2.24) is 9.80 Å². The highest BCUT2D eigenvalue weighted by molar-refractivity contribution is 6.08. The lowest BCUT2D eigenvalue weighted by Crippen LogP contribution is -2.37. The van der Waals surface area contributed by atoms with Crippen LogP contribution < -0.4 is 0 Å². The molecule has 2 saturated heterocycles. The average molecular weight is 442 g/mol. The van der Waals surface area contributed by atoms with Crippen LogP contribution >= 0.6 is 0 Å². The van der Waals surface area contributed by atoms with E-state index in [2.05, 4.69) is 0 Å². The molecule has 10 heteroatoms. The number of likely N-dealkylation sites (tertiary alicyclic amines) is 2. The van der Waals surface area contributed by atoms with Gasteiger partial charge in [0.25, 0.3) is 0 Å². The second kappa shape index (κ2) is 7.11. The number of imide groups is 2. The van der Waals surface area contributed by atoms with E-state index >= 15 is 0 Å². The summed E-state index contributed by atoms with van der Waals surface area (Å²) in [5, 5.41) is 17.3. The Balaban J connectivity index is 0.000000135. The average Bonchev–Trinajstić information content (AvgIpc) is 3.56. The number of fused-ring (bicyclic) bond motifs is 10. The van der Waals surface area contributed by atoms with Crippen molar-refractivity contribution >= 4 is 35.6 Å². The number of carboxylic acid groups (broad SMARTS) is 2. The normalized spacial score (nSPS) is 39.6. The lowest BCUT2D eigenvalue weighted by molar-refractivity contribution is -0.149. The second-order valence-electron chi connectivity index (χ2n) is 9.31. The molecule has 2 heterocycles. The van der Waals surface area contributed by atoms with Gasteiger partial charge >= 0.3 is 11.9 Å². The van der Waals surface area contributed by atoms with Crippen molar-refractivity contribution in [2.75, 3.05) is 13.1 Å². The van der Waals surface area contributed by atoms with Crippen LogP contribution in [-0.2, 0) is 28.8 Å². The number of hydrogen-bond acceptors (Lipinski definition) is 6. The Kier molecular flexibility index (Phi) is 4.58. The molecule has 168 valence electrons. The van der Waals surface area contributed by atoms with Gasteiger partial charge in [0.2, 0.25) is 23.6 Å². The van der Waals surface area contributed by atoms with E-state index in [1.54, 1.807) is 0 Å². The van der Waals surface area contributed by atoms with Crippen molar-refractivity contribution in [3.8, 4) is 0 Å². The van der Waals surface area contributed by atoms with Crippen LogP contribution in [0, 0.1) is 47.3 Å². The van der Waals surface area contributed by atoms with E-state index in [0.29, 0.717) is 0 Å². The molecule has 2 saturated carbocycles. The Bertz CT molecular complexity index is 875. The first-order valence-electron chi connectivity index (χ1n) is 10.7. The molecule has 6 rings (SSSR count). The number of carbonyl (C=O) groups excluding carboxylic acids is 4. The summed E-state index contributed by atoms with van der Waals surface area (Å²) in [5.41, 5.74) is 0. The van der Waals surface area contributed by atoms with Gasteiger partial charge < -0.3 is 10.2 Å². The maximum Gasteiger partial charge on any atom is 0.323 e. The van der Waals surface area contributed by atoms with Crippen LogP contribution in [0.2, 0.25) is 0 Å². The molecule has 0 radical (unpaired) electrons. The zero-order chi connectivity index (χ0) is 22.9. The highest BCUT2D eigenvalue weighted by atomic mass is 16.4. The van der Waals surface area contributed by atoms with E-state index in [1.807, 2.05) is 24.3 Å². The Labute approximate surface area is 182 Å². The molecular weight excluding hydrogens is 420 g/mol. The van der Waals surface area contributed by atoms with Crippen LogP contribution in [-0.4, -0.2) is 68.7 Å². The van der Waals surface area contributed by atoms with E-state index in [1.165, 1.54) is 0 Å². The molecule has 4 amide bonds. The Morgan fingerprint density at radius 1 is 0.625 bits per heavy atom. The summed E-state index contributed by atoms with van der Waals surface area (Å²) < 4.78 is 0. The predicted molar refractivity (Wildman–Crippen MR) is 104 cm³/mol. The fraction of sp³-hybridized carbons (Fsp3) is 0.545. The van der Waals surface area contributed by atoms with Crippen LogP contribution in [0.4, 0.5) is 0 Å². The molecule has 2 N–H and O–H groups in total. The van der Waals surface area contributed by atoms with Gasteiger partial charge in [0, 0.05) is 0 Å². The predicted octanol–water partition coefficient (Wildman–Crippen LogP) is -0.244. The van der Waals surface area contributed by atoms with Crippen molar-refractivity contribution in [2.24, 2.45) is 47.3 Å². The van der Waals surface area contributed by atoms with E-state index in [9.17, 15) is 28.8 Å². The highest BCUT2D eigenvalue weighted by Crippen LogP contribution is 2.53. The van der Waals surface area contributed by atoms with Gasteiger partial charge in [0.15, 0.2) is 0 Å². The summed E-state index contributed by atoms with van der Waals surface area (Å²) in [6.45, 7) is -0.992. The van der Waals surface area contributed by atoms with Gasteiger partial charge in [-0.25, -0.2) is 0 Å². The number of nitrogens with zero attached hydrogens (tertiary/aromatic N) is 2. The third-order valence-corrected chi connectivity index (χ3v) is 7.71. The van der Waals surface area contributed by atoms with Crippen molar-refractivity contribution < 1.29 is 39.0 Å². The minimum atomic E-state index is -1.14. The number of carboxylic acids is 2. The van der Waals surface area contributed by atoms with Crippen molar-refractivity contribution in [3.05, 3.63) is 24.3 Å². The van der Waals surface area contributed by atoms with E-state index in [4.69, 9.17) is 10.2 Å².